The molecule has 0 aromatic heterocycles. The molecule has 0 aliphatic heterocycles. The van der Waals surface area contributed by atoms with Gasteiger partial charge in [-0.05, 0) is 30.3 Å². The lowest BCUT2D eigenvalue weighted by Crippen LogP contribution is -2.21. The molecule has 2 rings (SSSR count). The van der Waals surface area contributed by atoms with E-state index < -0.39 is 11.6 Å². The van der Waals surface area contributed by atoms with Crippen LogP contribution in [0.1, 0.15) is 15.9 Å². The summed E-state index contributed by atoms with van der Waals surface area (Å²) < 4.78 is 26.6. The molecule has 0 atom stereocenters. The largest absolute Gasteiger partial charge is 0.345 e. The minimum absolute atomic E-state index is 0.105. The SMILES string of the molecule is CN(C)C(=O)c1ccc(NC(=O)CSCc2cccc(F)c2F)cc1. The van der Waals surface area contributed by atoms with Crippen molar-refractivity contribution in [1.82, 2.24) is 4.90 Å². The lowest BCUT2D eigenvalue weighted by atomic mass is 10.2. The molecule has 25 heavy (non-hydrogen) atoms. The Morgan fingerprint density at radius 3 is 2.40 bits per heavy atom. The standard InChI is InChI=1S/C18H18F2N2O2S/c1-22(2)18(24)12-6-8-14(9-7-12)21-16(23)11-25-10-13-4-3-5-15(19)17(13)20/h3-9H,10-11H2,1-2H3,(H,21,23). The number of benzene rings is 2. The number of halogens is 2. The van der Waals surface area contributed by atoms with Crippen molar-refractivity contribution < 1.29 is 18.4 Å². The molecule has 0 aliphatic rings. The van der Waals surface area contributed by atoms with Crippen molar-refractivity contribution in [2.75, 3.05) is 25.2 Å². The van der Waals surface area contributed by atoms with Gasteiger partial charge in [0.1, 0.15) is 0 Å². The average Bonchev–Trinajstić information content (AvgIpc) is 2.58. The van der Waals surface area contributed by atoms with E-state index in [4.69, 9.17) is 0 Å². The van der Waals surface area contributed by atoms with E-state index in [0.717, 1.165) is 6.07 Å². The van der Waals surface area contributed by atoms with Crippen LogP contribution in [0.2, 0.25) is 0 Å². The van der Waals surface area contributed by atoms with Gasteiger partial charge in [-0.15, -0.1) is 11.8 Å². The Hall–Kier alpha value is -2.41. The van der Waals surface area contributed by atoms with Crippen LogP contribution in [-0.4, -0.2) is 36.6 Å². The summed E-state index contributed by atoms with van der Waals surface area (Å²) in [4.78, 5) is 25.2. The molecule has 0 saturated carbocycles. The summed E-state index contributed by atoms with van der Waals surface area (Å²) in [6, 6.07) is 10.5. The summed E-state index contributed by atoms with van der Waals surface area (Å²) in [5.41, 5.74) is 1.32. The van der Waals surface area contributed by atoms with E-state index in [1.807, 2.05) is 0 Å². The molecule has 7 heteroatoms. The summed E-state index contributed by atoms with van der Waals surface area (Å²) in [5, 5.41) is 2.70. The van der Waals surface area contributed by atoms with Gasteiger partial charge in [-0.1, -0.05) is 12.1 Å². The zero-order chi connectivity index (χ0) is 18.4. The minimum atomic E-state index is -0.894. The Balaban J connectivity index is 1.84. The number of hydrogen-bond acceptors (Lipinski definition) is 3. The number of carbonyl (C=O) groups excluding carboxylic acids is 2. The monoisotopic (exact) mass is 364 g/mol. The predicted molar refractivity (Wildman–Crippen MR) is 95.6 cm³/mol. The summed E-state index contributed by atoms with van der Waals surface area (Å²) in [7, 11) is 3.33. The molecule has 2 amide bonds. The van der Waals surface area contributed by atoms with Crippen molar-refractivity contribution in [1.29, 1.82) is 0 Å². The molecule has 0 heterocycles. The van der Waals surface area contributed by atoms with Crippen LogP contribution < -0.4 is 5.32 Å². The highest BCUT2D eigenvalue weighted by atomic mass is 32.2. The third-order valence-corrected chi connectivity index (χ3v) is 4.33. The van der Waals surface area contributed by atoms with Crippen LogP contribution in [0.3, 0.4) is 0 Å². The molecule has 0 radical (unpaired) electrons. The molecular formula is C18H18F2N2O2S. The summed E-state index contributed by atoms with van der Waals surface area (Å²) in [6.07, 6.45) is 0. The molecule has 0 aliphatic carbocycles. The second-order valence-electron chi connectivity index (χ2n) is 5.53. The van der Waals surface area contributed by atoms with Crippen molar-refractivity contribution in [3.63, 3.8) is 0 Å². The number of amides is 2. The second kappa shape index (κ2) is 8.62. The Morgan fingerprint density at radius 1 is 1.08 bits per heavy atom. The zero-order valence-corrected chi connectivity index (χ0v) is 14.7. The molecular weight excluding hydrogens is 346 g/mol. The number of thioether (sulfide) groups is 1. The third-order valence-electron chi connectivity index (χ3n) is 3.34. The van der Waals surface area contributed by atoms with Gasteiger partial charge in [0.05, 0.1) is 5.75 Å². The molecule has 0 unspecified atom stereocenters. The highest BCUT2D eigenvalue weighted by Crippen LogP contribution is 2.18. The van der Waals surface area contributed by atoms with Crippen molar-refractivity contribution in [3.8, 4) is 0 Å². The Morgan fingerprint density at radius 2 is 1.76 bits per heavy atom. The first kappa shape index (κ1) is 18.9. The predicted octanol–water partition coefficient (Wildman–Crippen LogP) is 3.54. The van der Waals surface area contributed by atoms with E-state index in [9.17, 15) is 18.4 Å². The van der Waals surface area contributed by atoms with Crippen LogP contribution in [0.5, 0.6) is 0 Å². The smallest absolute Gasteiger partial charge is 0.253 e. The molecule has 0 bridgehead atoms. The Labute approximate surface area is 149 Å². The lowest BCUT2D eigenvalue weighted by Gasteiger charge is -2.11. The van der Waals surface area contributed by atoms with Crippen LogP contribution >= 0.6 is 11.8 Å². The topological polar surface area (TPSA) is 49.4 Å². The molecule has 2 aromatic rings. The van der Waals surface area contributed by atoms with Crippen molar-refractivity contribution in [3.05, 3.63) is 65.2 Å². The van der Waals surface area contributed by atoms with Gasteiger partial charge in [-0.25, -0.2) is 8.78 Å². The van der Waals surface area contributed by atoms with Gasteiger partial charge in [0.25, 0.3) is 5.91 Å². The van der Waals surface area contributed by atoms with Crippen molar-refractivity contribution in [2.45, 2.75) is 5.75 Å². The van der Waals surface area contributed by atoms with E-state index >= 15 is 0 Å². The Kier molecular flexibility index (Phi) is 6.52. The number of anilines is 1. The maximum atomic E-state index is 13.5. The average molecular weight is 364 g/mol. The second-order valence-corrected chi connectivity index (χ2v) is 6.52. The summed E-state index contributed by atoms with van der Waals surface area (Å²) >= 11 is 1.19. The van der Waals surface area contributed by atoms with Crippen LogP contribution in [-0.2, 0) is 10.5 Å². The molecule has 0 spiro atoms. The van der Waals surface area contributed by atoms with Crippen LogP contribution in [0.4, 0.5) is 14.5 Å². The zero-order valence-electron chi connectivity index (χ0n) is 13.9. The molecule has 2 aromatic carbocycles. The lowest BCUT2D eigenvalue weighted by molar-refractivity contribution is -0.113. The minimum Gasteiger partial charge on any atom is -0.345 e. The quantitative estimate of drug-likeness (QED) is 0.853. The molecule has 0 fully saturated rings. The Bertz CT molecular complexity index is 764. The molecule has 4 nitrogen and oxygen atoms in total. The number of nitrogens with one attached hydrogen (secondary N) is 1. The fraction of sp³-hybridized carbons (Fsp3) is 0.222. The van der Waals surface area contributed by atoms with Gasteiger partial charge < -0.3 is 10.2 Å². The fourth-order valence-corrected chi connectivity index (χ4v) is 2.87. The van der Waals surface area contributed by atoms with E-state index in [0.29, 0.717) is 11.3 Å². The van der Waals surface area contributed by atoms with Gasteiger partial charge in [0, 0.05) is 36.7 Å². The van der Waals surface area contributed by atoms with Crippen molar-refractivity contribution in [2.24, 2.45) is 0 Å². The van der Waals surface area contributed by atoms with E-state index in [-0.39, 0.29) is 28.9 Å². The molecule has 0 saturated heterocycles. The molecule has 132 valence electrons. The van der Waals surface area contributed by atoms with Crippen molar-refractivity contribution >= 4 is 29.3 Å². The fourth-order valence-electron chi connectivity index (χ4n) is 2.07. The maximum absolute atomic E-state index is 13.5. The molecule has 1 N–H and O–H groups in total. The highest BCUT2D eigenvalue weighted by molar-refractivity contribution is 7.99. The van der Waals surface area contributed by atoms with Gasteiger partial charge in [-0.2, -0.15) is 0 Å². The number of carbonyl (C=O) groups is 2. The van der Waals surface area contributed by atoms with Crippen LogP contribution in [0.15, 0.2) is 42.5 Å². The van der Waals surface area contributed by atoms with Crippen LogP contribution in [0.25, 0.3) is 0 Å². The number of rotatable bonds is 6. The first-order chi connectivity index (χ1) is 11.9. The van der Waals surface area contributed by atoms with E-state index in [1.54, 1.807) is 38.4 Å². The first-order valence-corrected chi connectivity index (χ1v) is 8.66. The third kappa shape index (κ3) is 5.29. The summed E-state index contributed by atoms with van der Waals surface area (Å²) in [6.45, 7) is 0. The number of hydrogen-bond donors (Lipinski definition) is 1. The van der Waals surface area contributed by atoms with Crippen LogP contribution in [0, 0.1) is 11.6 Å². The van der Waals surface area contributed by atoms with E-state index in [1.165, 1.54) is 28.8 Å². The maximum Gasteiger partial charge on any atom is 0.253 e. The number of nitrogens with zero attached hydrogens (tertiary/aromatic N) is 1. The van der Waals surface area contributed by atoms with Gasteiger partial charge in [0.15, 0.2) is 11.6 Å². The normalized spacial score (nSPS) is 10.4. The van der Waals surface area contributed by atoms with Gasteiger partial charge in [-0.3, -0.25) is 9.59 Å². The van der Waals surface area contributed by atoms with Gasteiger partial charge in [0.2, 0.25) is 5.91 Å². The van der Waals surface area contributed by atoms with Gasteiger partial charge >= 0.3 is 0 Å². The highest BCUT2D eigenvalue weighted by Gasteiger charge is 2.10. The summed E-state index contributed by atoms with van der Waals surface area (Å²) in [5.74, 6) is -1.84. The van der Waals surface area contributed by atoms with E-state index in [2.05, 4.69) is 5.32 Å². The first-order valence-electron chi connectivity index (χ1n) is 7.50.